The van der Waals surface area contributed by atoms with E-state index in [4.69, 9.17) is 5.73 Å². The van der Waals surface area contributed by atoms with Gasteiger partial charge in [0.15, 0.2) is 0 Å². The lowest BCUT2D eigenvalue weighted by Gasteiger charge is -2.16. The molecular formula is C32H32N4. The number of benzene rings is 2. The molecule has 0 aliphatic carbocycles. The number of pyridine rings is 2. The van der Waals surface area contributed by atoms with E-state index in [0.29, 0.717) is 12.2 Å². The van der Waals surface area contributed by atoms with Crippen LogP contribution in [0, 0.1) is 19.8 Å². The number of hydrogen-bond donors (Lipinski definition) is 2. The van der Waals surface area contributed by atoms with E-state index in [2.05, 4.69) is 96.2 Å². The predicted octanol–water partition coefficient (Wildman–Crippen LogP) is 7.00. The summed E-state index contributed by atoms with van der Waals surface area (Å²) in [6.45, 7) is 6.45. The van der Waals surface area contributed by atoms with E-state index in [0.717, 1.165) is 53.8 Å². The Kier molecular flexibility index (Phi) is 7.82. The van der Waals surface area contributed by atoms with Gasteiger partial charge in [0, 0.05) is 53.1 Å². The third kappa shape index (κ3) is 5.64. The number of hydrogen-bond acceptors (Lipinski definition) is 4. The zero-order valence-corrected chi connectivity index (χ0v) is 20.8. The molecule has 180 valence electrons. The first-order valence-corrected chi connectivity index (χ1v) is 12.2. The molecule has 5 rings (SSSR count). The molecule has 36 heavy (non-hydrogen) atoms. The standard InChI is InChI=1S/C30H30N4.C2H2/c1-20-13-25-16-27(19-33-30(25)31)26-15-23(17-32-18-26)8-4-3-7-22-9-5-10-24(14-22)28-11-6-12-29(34-20)21(28)2;1-2/h5-6,9-12,14-19,34H,1,3-4,7-8,13H2,2H3,(H2,31,33);1-2H. The molecule has 0 spiro atoms. The van der Waals surface area contributed by atoms with Gasteiger partial charge in [0.1, 0.15) is 5.82 Å². The maximum atomic E-state index is 6.25. The Labute approximate surface area is 214 Å². The Morgan fingerprint density at radius 3 is 2.42 bits per heavy atom. The van der Waals surface area contributed by atoms with E-state index in [1.165, 1.54) is 27.8 Å². The van der Waals surface area contributed by atoms with E-state index in [-0.39, 0.29) is 0 Å². The van der Waals surface area contributed by atoms with Crippen LogP contribution >= 0.6 is 0 Å². The summed E-state index contributed by atoms with van der Waals surface area (Å²) in [7, 11) is 0. The number of anilines is 2. The van der Waals surface area contributed by atoms with Gasteiger partial charge in [0.25, 0.3) is 0 Å². The van der Waals surface area contributed by atoms with E-state index in [1.807, 2.05) is 18.6 Å². The molecule has 1 aliphatic heterocycles. The largest absolute Gasteiger partial charge is 0.383 e. The fourth-order valence-electron chi connectivity index (χ4n) is 4.70. The molecule has 0 saturated carbocycles. The maximum absolute atomic E-state index is 6.25. The van der Waals surface area contributed by atoms with Crippen molar-refractivity contribution in [3.05, 3.63) is 108 Å². The molecule has 4 aromatic rings. The number of fused-ring (bicyclic) bond motifs is 10. The van der Waals surface area contributed by atoms with Crippen molar-refractivity contribution in [1.29, 1.82) is 0 Å². The van der Waals surface area contributed by atoms with Crippen molar-refractivity contribution in [2.45, 2.75) is 39.0 Å². The predicted molar refractivity (Wildman–Crippen MR) is 151 cm³/mol. The summed E-state index contributed by atoms with van der Waals surface area (Å²) in [4.78, 5) is 8.97. The van der Waals surface area contributed by atoms with Crippen LogP contribution in [0.3, 0.4) is 0 Å². The van der Waals surface area contributed by atoms with Crippen molar-refractivity contribution < 1.29 is 0 Å². The average Bonchev–Trinajstić information content (AvgIpc) is 2.90. The summed E-state index contributed by atoms with van der Waals surface area (Å²) in [5, 5.41) is 3.52. The van der Waals surface area contributed by atoms with Crippen molar-refractivity contribution in [2.75, 3.05) is 11.1 Å². The second-order valence-electron chi connectivity index (χ2n) is 9.14. The van der Waals surface area contributed by atoms with Crippen LogP contribution in [0.15, 0.2) is 85.5 Å². The summed E-state index contributed by atoms with van der Waals surface area (Å²) < 4.78 is 0. The molecule has 0 saturated heterocycles. The second kappa shape index (κ2) is 11.4. The van der Waals surface area contributed by atoms with Gasteiger partial charge in [-0.05, 0) is 78.6 Å². The molecule has 3 N–H and O–H groups in total. The minimum Gasteiger partial charge on any atom is -0.383 e. The number of nitrogens with zero attached hydrogens (tertiary/aromatic N) is 2. The monoisotopic (exact) mass is 472 g/mol. The Hall–Kier alpha value is -4.36. The zero-order chi connectivity index (χ0) is 25.5. The van der Waals surface area contributed by atoms with Gasteiger partial charge in [-0.2, -0.15) is 0 Å². The van der Waals surface area contributed by atoms with Gasteiger partial charge in [0.05, 0.1) is 0 Å². The van der Waals surface area contributed by atoms with Crippen LogP contribution in [0.1, 0.15) is 35.1 Å². The lowest BCUT2D eigenvalue weighted by molar-refractivity contribution is 0.733. The minimum atomic E-state index is 0.531. The summed E-state index contributed by atoms with van der Waals surface area (Å²) in [5.74, 6) is 0.531. The van der Waals surface area contributed by atoms with Crippen molar-refractivity contribution in [3.63, 3.8) is 0 Å². The highest BCUT2D eigenvalue weighted by Crippen LogP contribution is 2.31. The summed E-state index contributed by atoms with van der Waals surface area (Å²) in [6.07, 6.45) is 18.6. The first kappa shape index (κ1) is 24.8. The van der Waals surface area contributed by atoms with Gasteiger partial charge in [-0.15, -0.1) is 12.8 Å². The van der Waals surface area contributed by atoms with E-state index in [1.54, 1.807) is 0 Å². The van der Waals surface area contributed by atoms with Gasteiger partial charge in [-0.25, -0.2) is 4.98 Å². The van der Waals surface area contributed by atoms with E-state index < -0.39 is 0 Å². The lowest BCUT2D eigenvalue weighted by atomic mass is 9.96. The van der Waals surface area contributed by atoms with Crippen molar-refractivity contribution >= 4 is 11.5 Å². The lowest BCUT2D eigenvalue weighted by Crippen LogP contribution is -2.06. The molecule has 0 unspecified atom stereocenters. The molecule has 0 atom stereocenters. The molecule has 2 aromatic heterocycles. The number of allylic oxidation sites excluding steroid dienone is 1. The molecule has 1 aliphatic rings. The highest BCUT2D eigenvalue weighted by Gasteiger charge is 2.11. The van der Waals surface area contributed by atoms with Crippen molar-refractivity contribution in [1.82, 2.24) is 9.97 Å². The third-order valence-electron chi connectivity index (χ3n) is 6.60. The average molecular weight is 473 g/mol. The molecule has 0 radical (unpaired) electrons. The number of nitrogens with two attached hydrogens (primary N) is 1. The zero-order valence-electron chi connectivity index (χ0n) is 20.8. The quantitative estimate of drug-likeness (QED) is 0.271. The van der Waals surface area contributed by atoms with Gasteiger partial charge in [-0.3, -0.25) is 4.98 Å². The van der Waals surface area contributed by atoms with Crippen LogP contribution in [-0.2, 0) is 19.3 Å². The smallest absolute Gasteiger partial charge is 0.126 e. The Bertz CT molecular complexity index is 1390. The summed E-state index contributed by atoms with van der Waals surface area (Å²) >= 11 is 0. The molecule has 2 aromatic carbocycles. The summed E-state index contributed by atoms with van der Waals surface area (Å²) in [6, 6.07) is 19.7. The fourth-order valence-corrected chi connectivity index (χ4v) is 4.70. The third-order valence-corrected chi connectivity index (χ3v) is 6.60. The minimum absolute atomic E-state index is 0.531. The normalized spacial score (nSPS) is 13.1. The first-order valence-electron chi connectivity index (χ1n) is 12.2. The molecule has 4 heteroatoms. The van der Waals surface area contributed by atoms with Crippen LogP contribution in [0.5, 0.6) is 0 Å². The van der Waals surface area contributed by atoms with E-state index in [9.17, 15) is 0 Å². The van der Waals surface area contributed by atoms with Gasteiger partial charge < -0.3 is 11.1 Å². The van der Waals surface area contributed by atoms with Gasteiger partial charge in [0.2, 0.25) is 0 Å². The molecular weight excluding hydrogens is 440 g/mol. The molecule has 4 nitrogen and oxygen atoms in total. The van der Waals surface area contributed by atoms with Crippen LogP contribution in [-0.4, -0.2) is 9.97 Å². The highest BCUT2D eigenvalue weighted by atomic mass is 14.9. The van der Waals surface area contributed by atoms with Crippen LogP contribution < -0.4 is 11.1 Å². The molecule has 0 fully saturated rings. The first-order chi connectivity index (χ1) is 17.6. The number of terminal acetylenes is 1. The topological polar surface area (TPSA) is 63.8 Å². The van der Waals surface area contributed by atoms with E-state index >= 15 is 0 Å². The van der Waals surface area contributed by atoms with Crippen LogP contribution in [0.4, 0.5) is 11.5 Å². The Morgan fingerprint density at radius 1 is 0.861 bits per heavy atom. The Balaban J connectivity index is 0.00000148. The number of aromatic nitrogens is 2. The van der Waals surface area contributed by atoms with Crippen LogP contribution in [0.25, 0.3) is 22.3 Å². The van der Waals surface area contributed by atoms with Crippen LogP contribution in [0.2, 0.25) is 0 Å². The fraction of sp³-hybridized carbons (Fsp3) is 0.188. The van der Waals surface area contributed by atoms with Crippen molar-refractivity contribution in [3.8, 4) is 35.1 Å². The number of nitrogens with one attached hydrogen (secondary N) is 1. The SMILES string of the molecule is C#C.C=C1Cc2cc(cnc2N)-c2cncc(c2)CCCCc2cccc(c2)-c2cccc(c2C)N1. The van der Waals surface area contributed by atoms with Gasteiger partial charge >= 0.3 is 0 Å². The number of rotatable bonds is 0. The van der Waals surface area contributed by atoms with Gasteiger partial charge in [-0.1, -0.05) is 43.0 Å². The molecule has 3 heterocycles. The maximum Gasteiger partial charge on any atom is 0.126 e. The van der Waals surface area contributed by atoms with Crippen molar-refractivity contribution in [2.24, 2.45) is 0 Å². The molecule has 8 bridgehead atoms. The summed E-state index contributed by atoms with van der Waals surface area (Å²) in [5.41, 5.74) is 17.6. The second-order valence-corrected chi connectivity index (χ2v) is 9.14. The highest BCUT2D eigenvalue weighted by molar-refractivity contribution is 5.75. The number of aryl methyl sites for hydroxylation is 2. The Morgan fingerprint density at radius 2 is 1.58 bits per heavy atom. The molecule has 0 amide bonds. The number of nitrogen functional groups attached to an aromatic ring is 1.